The number of aromatic nitrogens is 1. The molecular formula is C10H13F3N4O. The van der Waals surface area contributed by atoms with Gasteiger partial charge in [-0.15, -0.1) is 0 Å². The summed E-state index contributed by atoms with van der Waals surface area (Å²) in [6, 6.07) is 1.29. The van der Waals surface area contributed by atoms with E-state index in [-0.39, 0.29) is 23.6 Å². The molecule has 0 aromatic carbocycles. The zero-order chi connectivity index (χ0) is 13.9. The quantitative estimate of drug-likeness (QED) is 0.852. The number of carbonyl (C=O) groups is 1. The van der Waals surface area contributed by atoms with Gasteiger partial charge in [-0.3, -0.25) is 4.79 Å². The second-order valence-corrected chi connectivity index (χ2v) is 3.79. The molecule has 0 atom stereocenters. The molecule has 1 aromatic heterocycles. The van der Waals surface area contributed by atoms with Gasteiger partial charge in [0.1, 0.15) is 5.82 Å². The minimum absolute atomic E-state index is 0.000301. The van der Waals surface area contributed by atoms with Crippen molar-refractivity contribution in [3.05, 3.63) is 17.8 Å². The maximum absolute atomic E-state index is 12.1. The molecular weight excluding hydrogens is 249 g/mol. The average molecular weight is 262 g/mol. The first-order chi connectivity index (χ1) is 8.20. The maximum Gasteiger partial charge on any atom is 0.390 e. The highest BCUT2D eigenvalue weighted by molar-refractivity contribution is 5.98. The molecule has 0 radical (unpaired) electrons. The summed E-state index contributed by atoms with van der Waals surface area (Å²) in [4.78, 5) is 16.2. The number of hydrogen-bond acceptors (Lipinski definition) is 4. The molecule has 1 amide bonds. The average Bonchev–Trinajstić information content (AvgIpc) is 2.24. The van der Waals surface area contributed by atoms with E-state index in [1.807, 2.05) is 0 Å². The summed E-state index contributed by atoms with van der Waals surface area (Å²) >= 11 is 0. The van der Waals surface area contributed by atoms with Crippen LogP contribution in [0.2, 0.25) is 0 Å². The van der Waals surface area contributed by atoms with Crippen LogP contribution in [0.3, 0.4) is 0 Å². The molecule has 0 bridgehead atoms. The van der Waals surface area contributed by atoms with Crippen LogP contribution in [0.25, 0.3) is 0 Å². The summed E-state index contributed by atoms with van der Waals surface area (Å²) in [5.74, 6) is -0.704. The van der Waals surface area contributed by atoms with Gasteiger partial charge in [-0.1, -0.05) is 0 Å². The van der Waals surface area contributed by atoms with E-state index in [2.05, 4.69) is 4.98 Å². The van der Waals surface area contributed by atoms with Crippen LogP contribution >= 0.6 is 0 Å². The molecule has 100 valence electrons. The fourth-order valence-electron chi connectivity index (χ4n) is 1.36. The second-order valence-electron chi connectivity index (χ2n) is 3.79. The van der Waals surface area contributed by atoms with E-state index in [1.54, 1.807) is 0 Å². The van der Waals surface area contributed by atoms with Crippen LogP contribution < -0.4 is 16.4 Å². The van der Waals surface area contributed by atoms with Crippen LogP contribution in [0.1, 0.15) is 16.8 Å². The summed E-state index contributed by atoms with van der Waals surface area (Å²) in [7, 11) is 1.40. The molecule has 5 nitrogen and oxygen atoms in total. The molecule has 0 saturated carbocycles. The van der Waals surface area contributed by atoms with Gasteiger partial charge in [0.25, 0.3) is 5.91 Å². The molecule has 1 rings (SSSR count). The van der Waals surface area contributed by atoms with Crippen molar-refractivity contribution >= 4 is 17.4 Å². The molecule has 0 aliphatic carbocycles. The lowest BCUT2D eigenvalue weighted by Gasteiger charge is -2.21. The molecule has 1 heterocycles. The SMILES string of the molecule is CN(CCC(F)(F)F)c1ncc(N)cc1C(N)=O. The van der Waals surface area contributed by atoms with E-state index in [9.17, 15) is 18.0 Å². The predicted molar refractivity (Wildman–Crippen MR) is 61.1 cm³/mol. The minimum Gasteiger partial charge on any atom is -0.397 e. The zero-order valence-electron chi connectivity index (χ0n) is 9.66. The van der Waals surface area contributed by atoms with E-state index in [4.69, 9.17) is 11.5 Å². The number of nitrogens with zero attached hydrogens (tertiary/aromatic N) is 2. The fourth-order valence-corrected chi connectivity index (χ4v) is 1.36. The highest BCUT2D eigenvalue weighted by atomic mass is 19.4. The van der Waals surface area contributed by atoms with Crippen LogP contribution in [0.5, 0.6) is 0 Å². The van der Waals surface area contributed by atoms with Crippen LogP contribution in [-0.2, 0) is 0 Å². The number of nitrogen functional groups attached to an aromatic ring is 1. The Labute approximate surface area is 102 Å². The summed E-state index contributed by atoms with van der Waals surface area (Å²) in [6.45, 7) is -0.319. The van der Waals surface area contributed by atoms with Gasteiger partial charge in [0, 0.05) is 13.6 Å². The number of carbonyl (C=O) groups excluding carboxylic acids is 1. The van der Waals surface area contributed by atoms with Gasteiger partial charge >= 0.3 is 6.18 Å². The zero-order valence-corrected chi connectivity index (χ0v) is 9.66. The summed E-state index contributed by atoms with van der Waals surface area (Å²) in [5, 5.41) is 0. The van der Waals surface area contributed by atoms with Crippen LogP contribution in [-0.4, -0.2) is 30.7 Å². The normalized spacial score (nSPS) is 11.3. The molecule has 4 N–H and O–H groups in total. The Morgan fingerprint density at radius 2 is 2.11 bits per heavy atom. The first kappa shape index (κ1) is 14.1. The minimum atomic E-state index is -4.27. The Balaban J connectivity index is 2.91. The highest BCUT2D eigenvalue weighted by Crippen LogP contribution is 2.23. The van der Waals surface area contributed by atoms with Crippen molar-refractivity contribution in [2.75, 3.05) is 24.2 Å². The number of primary amides is 1. The number of hydrogen-bond donors (Lipinski definition) is 2. The standard InChI is InChI=1S/C10H13F3N4O/c1-17(3-2-10(11,12)13)9-7(8(15)18)4-6(14)5-16-9/h4-5H,2-3,14H2,1H3,(H2,15,18). The van der Waals surface area contributed by atoms with Crippen LogP contribution in [0.15, 0.2) is 12.3 Å². The third-order valence-electron chi connectivity index (χ3n) is 2.25. The monoisotopic (exact) mass is 262 g/mol. The van der Waals surface area contributed by atoms with Gasteiger partial charge in [-0.05, 0) is 6.07 Å². The lowest BCUT2D eigenvalue weighted by atomic mass is 10.2. The van der Waals surface area contributed by atoms with Crippen LogP contribution in [0.4, 0.5) is 24.7 Å². The van der Waals surface area contributed by atoms with Crippen molar-refractivity contribution < 1.29 is 18.0 Å². The van der Waals surface area contributed by atoms with Crippen molar-refractivity contribution in [1.82, 2.24) is 4.98 Å². The molecule has 0 spiro atoms. The number of amides is 1. The number of halogens is 3. The Morgan fingerprint density at radius 3 is 2.61 bits per heavy atom. The van der Waals surface area contributed by atoms with Gasteiger partial charge in [-0.25, -0.2) is 4.98 Å². The summed E-state index contributed by atoms with van der Waals surface area (Å²) in [6.07, 6.45) is -4.02. The van der Waals surface area contributed by atoms with Gasteiger partial charge in [0.2, 0.25) is 0 Å². The van der Waals surface area contributed by atoms with E-state index >= 15 is 0 Å². The second kappa shape index (κ2) is 5.11. The number of anilines is 2. The van der Waals surface area contributed by atoms with Crippen molar-refractivity contribution in [2.24, 2.45) is 5.73 Å². The predicted octanol–water partition coefficient (Wildman–Crippen LogP) is 1.15. The Morgan fingerprint density at radius 1 is 1.50 bits per heavy atom. The number of nitrogens with two attached hydrogens (primary N) is 2. The molecule has 0 unspecified atom stereocenters. The molecule has 18 heavy (non-hydrogen) atoms. The van der Waals surface area contributed by atoms with E-state index in [1.165, 1.54) is 24.2 Å². The first-order valence-electron chi connectivity index (χ1n) is 5.04. The van der Waals surface area contributed by atoms with Crippen molar-refractivity contribution in [3.8, 4) is 0 Å². The molecule has 8 heteroatoms. The van der Waals surface area contributed by atoms with Crippen LogP contribution in [0, 0.1) is 0 Å². The fraction of sp³-hybridized carbons (Fsp3) is 0.400. The van der Waals surface area contributed by atoms with Gasteiger partial charge < -0.3 is 16.4 Å². The molecule has 0 aliphatic rings. The van der Waals surface area contributed by atoms with Crippen molar-refractivity contribution in [3.63, 3.8) is 0 Å². The summed E-state index contributed by atoms with van der Waals surface area (Å²) < 4.78 is 36.3. The lowest BCUT2D eigenvalue weighted by Crippen LogP contribution is -2.27. The molecule has 0 fully saturated rings. The Bertz CT molecular complexity index is 447. The maximum atomic E-state index is 12.1. The van der Waals surface area contributed by atoms with Crippen molar-refractivity contribution in [2.45, 2.75) is 12.6 Å². The van der Waals surface area contributed by atoms with E-state index in [0.29, 0.717) is 0 Å². The Hall–Kier alpha value is -1.99. The molecule has 1 aromatic rings. The highest BCUT2D eigenvalue weighted by Gasteiger charge is 2.28. The molecule has 0 aliphatic heterocycles. The Kier molecular flexibility index (Phi) is 4.00. The largest absolute Gasteiger partial charge is 0.397 e. The number of rotatable bonds is 4. The van der Waals surface area contributed by atoms with E-state index in [0.717, 1.165) is 0 Å². The summed E-state index contributed by atoms with van der Waals surface area (Å²) in [5.41, 5.74) is 10.8. The third-order valence-corrected chi connectivity index (χ3v) is 2.25. The van der Waals surface area contributed by atoms with Gasteiger partial charge in [-0.2, -0.15) is 13.2 Å². The van der Waals surface area contributed by atoms with E-state index < -0.39 is 18.5 Å². The number of pyridine rings is 1. The van der Waals surface area contributed by atoms with Gasteiger partial charge in [0.05, 0.1) is 23.9 Å². The smallest absolute Gasteiger partial charge is 0.390 e. The van der Waals surface area contributed by atoms with Gasteiger partial charge in [0.15, 0.2) is 0 Å². The third kappa shape index (κ3) is 3.79. The number of alkyl halides is 3. The lowest BCUT2D eigenvalue weighted by molar-refractivity contribution is -0.132. The van der Waals surface area contributed by atoms with Crippen molar-refractivity contribution in [1.29, 1.82) is 0 Å². The molecule has 0 saturated heterocycles. The topological polar surface area (TPSA) is 85.2 Å². The first-order valence-corrected chi connectivity index (χ1v) is 5.04.